The monoisotopic (exact) mass is 529 g/mol. The van der Waals surface area contributed by atoms with Crippen LogP contribution in [0.4, 0.5) is 22.0 Å². The van der Waals surface area contributed by atoms with E-state index in [9.17, 15) is 26.7 Å². The number of aryl methyl sites for hydroxylation is 2. The van der Waals surface area contributed by atoms with Crippen molar-refractivity contribution in [3.8, 4) is 11.4 Å². The summed E-state index contributed by atoms with van der Waals surface area (Å²) in [6.07, 6.45) is 0.805. The van der Waals surface area contributed by atoms with Gasteiger partial charge in [-0.1, -0.05) is 18.5 Å². The van der Waals surface area contributed by atoms with Gasteiger partial charge in [-0.2, -0.15) is 18.3 Å². The van der Waals surface area contributed by atoms with Crippen molar-refractivity contribution < 1.29 is 26.7 Å². The fourth-order valence-electron chi connectivity index (χ4n) is 4.31. The van der Waals surface area contributed by atoms with Gasteiger partial charge >= 0.3 is 6.18 Å². The maximum atomic E-state index is 14.6. The third-order valence-corrected chi connectivity index (χ3v) is 6.12. The van der Waals surface area contributed by atoms with Crippen molar-refractivity contribution in [2.45, 2.75) is 44.3 Å². The van der Waals surface area contributed by atoms with Crippen LogP contribution in [-0.2, 0) is 19.6 Å². The molecule has 0 saturated carbocycles. The van der Waals surface area contributed by atoms with E-state index in [4.69, 9.17) is 11.6 Å². The highest BCUT2D eigenvalue weighted by Gasteiger charge is 2.46. The van der Waals surface area contributed by atoms with E-state index in [2.05, 4.69) is 25.0 Å². The molecule has 3 aromatic rings. The van der Waals surface area contributed by atoms with Crippen LogP contribution in [0.2, 0.25) is 5.02 Å². The summed E-state index contributed by atoms with van der Waals surface area (Å²) in [4.78, 5) is 30.3. The van der Waals surface area contributed by atoms with Crippen LogP contribution in [0.3, 0.4) is 0 Å². The maximum absolute atomic E-state index is 14.6. The van der Waals surface area contributed by atoms with Gasteiger partial charge in [-0.15, -0.1) is 0 Å². The van der Waals surface area contributed by atoms with Gasteiger partial charge in [0.15, 0.2) is 11.5 Å². The Labute approximate surface area is 207 Å². The molecule has 1 aliphatic rings. The molecule has 8 nitrogen and oxygen atoms in total. The quantitative estimate of drug-likeness (QED) is 0.453. The first kappa shape index (κ1) is 25.9. The molecular formula is C22H21ClF5N7O. The standard InChI is InChI=1S/C22H21ClF5N7O/c1-12-5-21(24,25)11-35(16(12)3-4-17-29-6-13(7-30-17)22(26,27)28)20(36)18-15(10-34(2)33-18)19-31-8-14(23)9-32-19/h6-10,12,16H,3-5,11H2,1-2H3/t12-,16-/m1/s1. The van der Waals surface area contributed by atoms with Crippen LogP contribution in [0.1, 0.15) is 41.6 Å². The fraction of sp³-hybridized carbons (Fsp3) is 0.455. The summed E-state index contributed by atoms with van der Waals surface area (Å²) in [5, 5.41) is 4.46. The second-order valence-corrected chi connectivity index (χ2v) is 9.19. The average Bonchev–Trinajstić information content (AvgIpc) is 3.19. The topological polar surface area (TPSA) is 89.7 Å². The number of aromatic nitrogens is 6. The van der Waals surface area contributed by atoms with E-state index in [1.807, 2.05) is 0 Å². The molecule has 14 heteroatoms. The molecule has 192 valence electrons. The maximum Gasteiger partial charge on any atom is 0.419 e. The van der Waals surface area contributed by atoms with Gasteiger partial charge in [-0.3, -0.25) is 9.48 Å². The molecule has 1 aliphatic heterocycles. The molecule has 0 bridgehead atoms. The predicted molar refractivity (Wildman–Crippen MR) is 118 cm³/mol. The van der Waals surface area contributed by atoms with E-state index in [1.165, 1.54) is 23.3 Å². The van der Waals surface area contributed by atoms with Crippen molar-refractivity contribution in [1.82, 2.24) is 34.6 Å². The van der Waals surface area contributed by atoms with E-state index in [-0.39, 0.29) is 40.8 Å². The lowest BCUT2D eigenvalue weighted by atomic mass is 9.85. The van der Waals surface area contributed by atoms with Gasteiger partial charge in [-0.25, -0.2) is 28.7 Å². The number of halogens is 6. The van der Waals surface area contributed by atoms with Gasteiger partial charge in [0.25, 0.3) is 11.8 Å². The van der Waals surface area contributed by atoms with Gasteiger partial charge in [-0.05, 0) is 12.3 Å². The zero-order valence-electron chi connectivity index (χ0n) is 19.2. The normalized spacial score (nSPS) is 19.9. The van der Waals surface area contributed by atoms with Crippen LogP contribution in [0, 0.1) is 5.92 Å². The third-order valence-electron chi connectivity index (χ3n) is 5.93. The molecule has 0 N–H and O–H groups in total. The molecule has 1 fully saturated rings. The Kier molecular flexibility index (Phi) is 6.95. The number of carbonyl (C=O) groups is 1. The summed E-state index contributed by atoms with van der Waals surface area (Å²) >= 11 is 5.84. The lowest BCUT2D eigenvalue weighted by Gasteiger charge is -2.43. The molecule has 1 amide bonds. The van der Waals surface area contributed by atoms with Crippen LogP contribution in [0.15, 0.2) is 31.0 Å². The van der Waals surface area contributed by atoms with Crippen LogP contribution in [0.5, 0.6) is 0 Å². The van der Waals surface area contributed by atoms with Gasteiger partial charge in [0.2, 0.25) is 0 Å². The van der Waals surface area contributed by atoms with E-state index < -0.39 is 48.5 Å². The molecule has 0 unspecified atom stereocenters. The number of hydrogen-bond donors (Lipinski definition) is 0. The Bertz CT molecular complexity index is 1230. The number of carbonyl (C=O) groups excluding carboxylic acids is 1. The Balaban J connectivity index is 1.60. The first-order valence-electron chi connectivity index (χ1n) is 10.9. The number of amides is 1. The van der Waals surface area contributed by atoms with E-state index in [0.717, 1.165) is 4.90 Å². The summed E-state index contributed by atoms with van der Waals surface area (Å²) in [6.45, 7) is 0.777. The van der Waals surface area contributed by atoms with Crippen molar-refractivity contribution in [3.63, 3.8) is 0 Å². The van der Waals surface area contributed by atoms with E-state index in [0.29, 0.717) is 12.4 Å². The number of likely N-dealkylation sites (tertiary alicyclic amines) is 1. The molecule has 4 heterocycles. The van der Waals surface area contributed by atoms with Crippen molar-refractivity contribution in [1.29, 1.82) is 0 Å². The van der Waals surface area contributed by atoms with Crippen LogP contribution in [-0.4, -0.2) is 59.0 Å². The number of piperidine rings is 1. The lowest BCUT2D eigenvalue weighted by molar-refractivity contribution is -0.138. The van der Waals surface area contributed by atoms with Crippen LogP contribution >= 0.6 is 11.6 Å². The highest BCUT2D eigenvalue weighted by atomic mass is 35.5. The summed E-state index contributed by atoms with van der Waals surface area (Å²) in [5.74, 6) is -4.18. The zero-order valence-corrected chi connectivity index (χ0v) is 19.9. The molecule has 1 saturated heterocycles. The van der Waals surface area contributed by atoms with Crippen molar-refractivity contribution >= 4 is 17.5 Å². The minimum absolute atomic E-state index is 0.0951. The highest BCUT2D eigenvalue weighted by Crippen LogP contribution is 2.37. The number of rotatable bonds is 5. The molecule has 2 atom stereocenters. The Morgan fingerprint density at radius 3 is 2.39 bits per heavy atom. The Morgan fingerprint density at radius 1 is 1.14 bits per heavy atom. The molecule has 4 rings (SSSR count). The van der Waals surface area contributed by atoms with Crippen molar-refractivity contribution in [2.24, 2.45) is 13.0 Å². The lowest BCUT2D eigenvalue weighted by Crippen LogP contribution is -2.55. The van der Waals surface area contributed by atoms with Gasteiger partial charge < -0.3 is 4.90 Å². The number of nitrogens with zero attached hydrogens (tertiary/aromatic N) is 7. The number of hydrogen-bond acceptors (Lipinski definition) is 6. The molecule has 0 radical (unpaired) electrons. The van der Waals surface area contributed by atoms with Gasteiger partial charge in [0.05, 0.1) is 22.7 Å². The largest absolute Gasteiger partial charge is 0.419 e. The molecule has 36 heavy (non-hydrogen) atoms. The molecule has 0 aliphatic carbocycles. The minimum atomic E-state index is -4.57. The second-order valence-electron chi connectivity index (χ2n) is 8.75. The predicted octanol–water partition coefficient (Wildman–Crippen LogP) is 4.46. The van der Waals surface area contributed by atoms with E-state index >= 15 is 0 Å². The fourth-order valence-corrected chi connectivity index (χ4v) is 4.41. The third kappa shape index (κ3) is 5.61. The summed E-state index contributed by atoms with van der Waals surface area (Å²) in [5.41, 5.74) is -0.827. The highest BCUT2D eigenvalue weighted by molar-refractivity contribution is 6.30. The summed E-state index contributed by atoms with van der Waals surface area (Å²) in [7, 11) is 1.57. The summed E-state index contributed by atoms with van der Waals surface area (Å²) < 4.78 is 68.8. The molecule has 0 spiro atoms. The smallest absolute Gasteiger partial charge is 0.328 e. The van der Waals surface area contributed by atoms with Gasteiger partial charge in [0.1, 0.15) is 5.82 Å². The van der Waals surface area contributed by atoms with Crippen molar-refractivity contribution in [3.05, 3.63) is 53.1 Å². The summed E-state index contributed by atoms with van der Waals surface area (Å²) in [6, 6.07) is -0.649. The van der Waals surface area contributed by atoms with Crippen molar-refractivity contribution in [2.75, 3.05) is 6.54 Å². The molecule has 3 aromatic heterocycles. The first-order chi connectivity index (χ1) is 16.8. The Morgan fingerprint density at radius 2 is 1.78 bits per heavy atom. The molecule has 0 aromatic carbocycles. The molecular weight excluding hydrogens is 509 g/mol. The van der Waals surface area contributed by atoms with Crippen LogP contribution in [0.25, 0.3) is 11.4 Å². The average molecular weight is 530 g/mol. The van der Waals surface area contributed by atoms with Crippen LogP contribution < -0.4 is 0 Å². The minimum Gasteiger partial charge on any atom is -0.328 e. The Hall–Kier alpha value is -3.22. The zero-order chi connectivity index (χ0) is 26.3. The number of alkyl halides is 5. The SMILES string of the molecule is C[C@@H]1CC(F)(F)CN(C(=O)c2nn(C)cc2-c2ncc(Cl)cn2)[C@@H]1CCc1ncc(C(F)(F)F)cn1. The van der Waals surface area contributed by atoms with Gasteiger partial charge in [0, 0.05) is 56.9 Å². The van der Waals surface area contributed by atoms with E-state index in [1.54, 1.807) is 14.0 Å². The first-order valence-corrected chi connectivity index (χ1v) is 11.3. The second kappa shape index (κ2) is 9.68.